The van der Waals surface area contributed by atoms with Crippen molar-refractivity contribution in [1.82, 2.24) is 5.32 Å². The Hall–Kier alpha value is -2.33. The molecule has 1 atom stereocenters. The molecule has 112 valence electrons. The summed E-state index contributed by atoms with van der Waals surface area (Å²) in [6.07, 6.45) is 0.604. The van der Waals surface area contributed by atoms with Crippen LogP contribution in [-0.2, 0) is 4.79 Å². The van der Waals surface area contributed by atoms with E-state index in [0.717, 1.165) is 5.69 Å². The van der Waals surface area contributed by atoms with E-state index in [0.29, 0.717) is 23.6 Å². The van der Waals surface area contributed by atoms with E-state index in [9.17, 15) is 9.59 Å². The van der Waals surface area contributed by atoms with Crippen molar-refractivity contribution >= 4 is 29.1 Å². The van der Waals surface area contributed by atoms with Crippen molar-refractivity contribution in [3.05, 3.63) is 65.2 Å². The van der Waals surface area contributed by atoms with Crippen LogP contribution < -0.4 is 10.2 Å². The van der Waals surface area contributed by atoms with Crippen LogP contribution in [0, 0.1) is 0 Å². The second kappa shape index (κ2) is 6.20. The van der Waals surface area contributed by atoms with Crippen LogP contribution in [0.25, 0.3) is 0 Å². The molecule has 1 N–H and O–H groups in total. The Labute approximate surface area is 133 Å². The molecule has 0 bridgehead atoms. The Balaban J connectivity index is 1.68. The molecule has 1 unspecified atom stereocenters. The van der Waals surface area contributed by atoms with E-state index in [-0.39, 0.29) is 11.8 Å². The molecule has 1 aliphatic heterocycles. The number of amides is 2. The fourth-order valence-corrected chi connectivity index (χ4v) is 2.65. The largest absolute Gasteiger partial charge is 0.340 e. The first kappa shape index (κ1) is 14.6. The van der Waals surface area contributed by atoms with Gasteiger partial charge in [-0.05, 0) is 42.8 Å². The molecular formula is C17H15ClN2O2. The summed E-state index contributed by atoms with van der Waals surface area (Å²) >= 11 is 5.80. The van der Waals surface area contributed by atoms with Gasteiger partial charge in [0, 0.05) is 22.8 Å². The van der Waals surface area contributed by atoms with E-state index in [1.165, 1.54) is 0 Å². The Bertz CT molecular complexity index is 686. The highest BCUT2D eigenvalue weighted by atomic mass is 35.5. The molecule has 2 aromatic carbocycles. The zero-order valence-electron chi connectivity index (χ0n) is 11.8. The third-order valence-electron chi connectivity index (χ3n) is 3.69. The van der Waals surface area contributed by atoms with E-state index in [1.54, 1.807) is 29.2 Å². The van der Waals surface area contributed by atoms with Gasteiger partial charge in [-0.25, -0.2) is 0 Å². The summed E-state index contributed by atoms with van der Waals surface area (Å²) < 4.78 is 0. The van der Waals surface area contributed by atoms with Crippen LogP contribution in [0.15, 0.2) is 54.6 Å². The number of benzene rings is 2. The molecule has 1 heterocycles. The third-order valence-corrected chi connectivity index (χ3v) is 3.94. The lowest BCUT2D eigenvalue weighted by atomic mass is 10.2. The smallest absolute Gasteiger partial charge is 0.251 e. The minimum atomic E-state index is -0.483. The molecule has 0 aromatic heterocycles. The normalized spacial score (nSPS) is 17.6. The van der Waals surface area contributed by atoms with Crippen LogP contribution in [0.3, 0.4) is 0 Å². The number of anilines is 1. The Kier molecular flexibility index (Phi) is 4.11. The maximum absolute atomic E-state index is 12.4. The van der Waals surface area contributed by atoms with Gasteiger partial charge in [0.05, 0.1) is 0 Å². The number of halogens is 1. The number of para-hydroxylation sites is 1. The molecule has 0 radical (unpaired) electrons. The van der Waals surface area contributed by atoms with Crippen molar-refractivity contribution in [3.8, 4) is 0 Å². The molecule has 1 fully saturated rings. The lowest BCUT2D eigenvalue weighted by Crippen LogP contribution is -2.41. The van der Waals surface area contributed by atoms with Crippen LogP contribution >= 0.6 is 11.6 Å². The molecule has 0 spiro atoms. The number of nitrogens with one attached hydrogen (secondary N) is 1. The average molecular weight is 315 g/mol. The van der Waals surface area contributed by atoms with Gasteiger partial charge < -0.3 is 10.2 Å². The topological polar surface area (TPSA) is 49.4 Å². The highest BCUT2D eigenvalue weighted by Crippen LogP contribution is 2.21. The first-order valence-electron chi connectivity index (χ1n) is 7.08. The van der Waals surface area contributed by atoms with Crippen molar-refractivity contribution in [2.24, 2.45) is 0 Å². The predicted molar refractivity (Wildman–Crippen MR) is 86.1 cm³/mol. The summed E-state index contributed by atoms with van der Waals surface area (Å²) in [7, 11) is 0. The highest BCUT2D eigenvalue weighted by Gasteiger charge is 2.33. The first-order chi connectivity index (χ1) is 10.6. The Morgan fingerprint density at radius 1 is 1.09 bits per heavy atom. The summed E-state index contributed by atoms with van der Waals surface area (Å²) in [6, 6.07) is 15.6. The monoisotopic (exact) mass is 314 g/mol. The van der Waals surface area contributed by atoms with Crippen molar-refractivity contribution < 1.29 is 9.59 Å². The number of carbonyl (C=O) groups is 2. The molecule has 1 saturated heterocycles. The van der Waals surface area contributed by atoms with Gasteiger partial charge in [0.1, 0.15) is 6.04 Å². The summed E-state index contributed by atoms with van der Waals surface area (Å²) in [5.74, 6) is -0.335. The fourth-order valence-electron chi connectivity index (χ4n) is 2.52. The van der Waals surface area contributed by atoms with Gasteiger partial charge in [-0.1, -0.05) is 29.8 Å². The van der Waals surface area contributed by atoms with E-state index >= 15 is 0 Å². The fraction of sp³-hybridized carbons (Fsp3) is 0.176. The lowest BCUT2D eigenvalue weighted by molar-refractivity contribution is -0.118. The SMILES string of the molecule is O=C(NC1CCN(c2ccccc2)C1=O)c1ccc(Cl)cc1. The van der Waals surface area contributed by atoms with Crippen LogP contribution in [0.5, 0.6) is 0 Å². The number of rotatable bonds is 3. The van der Waals surface area contributed by atoms with Gasteiger partial charge in [-0.2, -0.15) is 0 Å². The molecule has 5 heteroatoms. The van der Waals surface area contributed by atoms with Crippen LogP contribution in [0.4, 0.5) is 5.69 Å². The highest BCUT2D eigenvalue weighted by molar-refractivity contribution is 6.30. The number of hydrogen-bond donors (Lipinski definition) is 1. The van der Waals surface area contributed by atoms with E-state index in [4.69, 9.17) is 11.6 Å². The van der Waals surface area contributed by atoms with Crippen molar-refractivity contribution in [2.75, 3.05) is 11.4 Å². The number of hydrogen-bond acceptors (Lipinski definition) is 2. The summed E-state index contributed by atoms with van der Waals surface area (Å²) in [6.45, 7) is 0.606. The van der Waals surface area contributed by atoms with Gasteiger partial charge >= 0.3 is 0 Å². The van der Waals surface area contributed by atoms with Crippen LogP contribution in [-0.4, -0.2) is 24.4 Å². The van der Waals surface area contributed by atoms with Gasteiger partial charge in [0.25, 0.3) is 5.91 Å². The lowest BCUT2D eigenvalue weighted by Gasteiger charge is -2.17. The molecule has 3 rings (SSSR count). The van der Waals surface area contributed by atoms with E-state index < -0.39 is 6.04 Å². The maximum atomic E-state index is 12.4. The summed E-state index contributed by atoms with van der Waals surface area (Å²) in [5, 5.41) is 3.36. The number of nitrogens with zero attached hydrogens (tertiary/aromatic N) is 1. The number of carbonyl (C=O) groups excluding carboxylic acids is 2. The minimum Gasteiger partial charge on any atom is -0.340 e. The minimum absolute atomic E-state index is 0.0755. The standard InChI is InChI=1S/C17H15ClN2O2/c18-13-8-6-12(7-9-13)16(21)19-15-10-11-20(17(15)22)14-4-2-1-3-5-14/h1-9,15H,10-11H2,(H,19,21). The van der Waals surface area contributed by atoms with Crippen LogP contribution in [0.1, 0.15) is 16.8 Å². The average Bonchev–Trinajstić information content (AvgIpc) is 2.90. The van der Waals surface area contributed by atoms with Gasteiger partial charge in [0.15, 0.2) is 0 Å². The molecule has 2 aromatic rings. The first-order valence-corrected chi connectivity index (χ1v) is 7.46. The zero-order valence-corrected chi connectivity index (χ0v) is 12.6. The molecular weight excluding hydrogens is 300 g/mol. The second-order valence-corrected chi connectivity index (χ2v) is 5.58. The molecule has 22 heavy (non-hydrogen) atoms. The Morgan fingerprint density at radius 2 is 1.77 bits per heavy atom. The van der Waals surface area contributed by atoms with E-state index in [2.05, 4.69) is 5.32 Å². The predicted octanol–water partition coefficient (Wildman–Crippen LogP) is 2.88. The van der Waals surface area contributed by atoms with Crippen molar-refractivity contribution in [1.29, 1.82) is 0 Å². The second-order valence-electron chi connectivity index (χ2n) is 5.15. The van der Waals surface area contributed by atoms with Gasteiger partial charge in [-0.15, -0.1) is 0 Å². The van der Waals surface area contributed by atoms with Crippen molar-refractivity contribution in [2.45, 2.75) is 12.5 Å². The van der Waals surface area contributed by atoms with Crippen LogP contribution in [0.2, 0.25) is 5.02 Å². The van der Waals surface area contributed by atoms with Gasteiger partial charge in [0.2, 0.25) is 5.91 Å². The molecule has 0 saturated carbocycles. The maximum Gasteiger partial charge on any atom is 0.251 e. The molecule has 1 aliphatic rings. The summed E-state index contributed by atoms with van der Waals surface area (Å²) in [5.41, 5.74) is 1.35. The van der Waals surface area contributed by atoms with Gasteiger partial charge in [-0.3, -0.25) is 9.59 Å². The summed E-state index contributed by atoms with van der Waals surface area (Å²) in [4.78, 5) is 26.3. The molecule has 4 nitrogen and oxygen atoms in total. The van der Waals surface area contributed by atoms with Crippen molar-refractivity contribution in [3.63, 3.8) is 0 Å². The zero-order chi connectivity index (χ0) is 15.5. The van der Waals surface area contributed by atoms with E-state index in [1.807, 2.05) is 30.3 Å². The molecule has 0 aliphatic carbocycles. The quantitative estimate of drug-likeness (QED) is 0.947. The molecule has 2 amide bonds. The Morgan fingerprint density at radius 3 is 2.45 bits per heavy atom. The third kappa shape index (κ3) is 2.97.